The first-order chi connectivity index (χ1) is 17.0. The van der Waals surface area contributed by atoms with Crippen LogP contribution in [0.1, 0.15) is 31.8 Å². The summed E-state index contributed by atoms with van der Waals surface area (Å²) in [7, 11) is 0. The summed E-state index contributed by atoms with van der Waals surface area (Å²) in [4.78, 5) is 24.0. The molecule has 10 nitrogen and oxygen atoms in total. The van der Waals surface area contributed by atoms with Gasteiger partial charge in [0.1, 0.15) is 5.75 Å². The molecule has 0 aromatic heterocycles. The third-order valence-corrected chi connectivity index (χ3v) is 5.01. The number of carbonyl (C=O) groups is 2. The van der Waals surface area contributed by atoms with Crippen molar-refractivity contribution in [2.45, 2.75) is 0 Å². The molecule has 0 aliphatic heterocycles. The molecule has 0 radical (unpaired) electrons. The monoisotopic (exact) mass is 492 g/mol. The highest BCUT2D eigenvalue weighted by molar-refractivity contribution is 6.12. The Kier molecular flexibility index (Phi) is 7.20. The fourth-order valence-corrected chi connectivity index (χ4v) is 3.07. The first-order valence-corrected chi connectivity index (χ1v) is 10.2. The van der Waals surface area contributed by atoms with Crippen LogP contribution in [0.25, 0.3) is 0 Å². The van der Waals surface area contributed by atoms with Crippen molar-refractivity contribution >= 4 is 11.6 Å². The van der Waals surface area contributed by atoms with Crippen molar-refractivity contribution in [2.75, 3.05) is 0 Å². The predicted octanol–water partition coefficient (Wildman–Crippen LogP) is 3.48. The van der Waals surface area contributed by atoms with Crippen LogP contribution in [0.5, 0.6) is 46.0 Å². The second kappa shape index (κ2) is 10.3. The Morgan fingerprint density at radius 1 is 0.444 bits per heavy atom. The molecule has 0 aliphatic carbocycles. The van der Waals surface area contributed by atoms with Gasteiger partial charge in [-0.1, -0.05) is 30.3 Å². The maximum Gasteiger partial charge on any atom is 0.205 e. The molecule has 36 heavy (non-hydrogen) atoms. The lowest BCUT2D eigenvalue weighted by molar-refractivity contribution is 0.102. The SMILES string of the molecule is O=C(c1ccc(O)cc1)c1ccc(O)c(O)c1O.O=C(c1ccccc1)c1cc(O)c(O)c(O)c1O. The second-order valence-corrected chi connectivity index (χ2v) is 7.39. The van der Waals surface area contributed by atoms with Crippen LogP contribution in [0, 0.1) is 0 Å². The summed E-state index contributed by atoms with van der Waals surface area (Å²) in [5.41, 5.74) is 0.121. The first kappa shape index (κ1) is 25.2. The summed E-state index contributed by atoms with van der Waals surface area (Å²) in [5, 5.41) is 74.7. The first-order valence-electron chi connectivity index (χ1n) is 10.2. The van der Waals surface area contributed by atoms with E-state index in [9.17, 15) is 40.2 Å². The highest BCUT2D eigenvalue weighted by Crippen LogP contribution is 2.44. The van der Waals surface area contributed by atoms with Crippen LogP contribution in [0.2, 0.25) is 0 Å². The van der Waals surface area contributed by atoms with Crippen LogP contribution in [0.3, 0.4) is 0 Å². The number of phenolic OH excluding ortho intramolecular Hbond substituents is 8. The Balaban J connectivity index is 0.000000201. The standard InChI is InChI=1S/2C13H10O5/c14-8-3-1-7(2-4-8)11(16)9-5-6-10(15)13(18)12(9)17;14-9-6-8(11(16)13(18)12(9)17)10(15)7-4-2-1-3-5-7/h1-6,14-15,17-18H;1-6,14,16-18H. The maximum absolute atomic E-state index is 12.0. The van der Waals surface area contributed by atoms with Crippen LogP contribution in [0.4, 0.5) is 0 Å². The van der Waals surface area contributed by atoms with Crippen molar-refractivity contribution in [2.24, 2.45) is 0 Å². The molecule has 0 amide bonds. The lowest BCUT2D eigenvalue weighted by Gasteiger charge is -2.08. The Hall–Kier alpha value is -5.38. The minimum absolute atomic E-state index is 0.0179. The van der Waals surface area contributed by atoms with Crippen molar-refractivity contribution in [3.8, 4) is 46.0 Å². The number of ketones is 2. The number of carbonyl (C=O) groups excluding carboxylic acids is 2. The van der Waals surface area contributed by atoms with Crippen molar-refractivity contribution in [3.63, 3.8) is 0 Å². The molecule has 0 spiro atoms. The van der Waals surface area contributed by atoms with Gasteiger partial charge in [0, 0.05) is 11.1 Å². The second-order valence-electron chi connectivity index (χ2n) is 7.39. The lowest BCUT2D eigenvalue weighted by atomic mass is 10.0. The Morgan fingerprint density at radius 3 is 1.56 bits per heavy atom. The fourth-order valence-electron chi connectivity index (χ4n) is 3.07. The van der Waals surface area contributed by atoms with E-state index in [1.807, 2.05) is 0 Å². The number of hydrogen-bond donors (Lipinski definition) is 8. The third-order valence-electron chi connectivity index (χ3n) is 5.01. The molecule has 10 heteroatoms. The molecule has 0 unspecified atom stereocenters. The molecule has 4 rings (SSSR count). The quantitative estimate of drug-likeness (QED) is 0.119. The van der Waals surface area contributed by atoms with Gasteiger partial charge in [-0.25, -0.2) is 0 Å². The largest absolute Gasteiger partial charge is 0.508 e. The zero-order chi connectivity index (χ0) is 26.6. The summed E-state index contributed by atoms with van der Waals surface area (Å²) < 4.78 is 0. The van der Waals surface area contributed by atoms with Gasteiger partial charge in [-0.15, -0.1) is 0 Å². The van der Waals surface area contributed by atoms with Gasteiger partial charge >= 0.3 is 0 Å². The van der Waals surface area contributed by atoms with Crippen molar-refractivity contribution in [3.05, 3.63) is 95.1 Å². The molecule has 0 heterocycles. The van der Waals surface area contributed by atoms with E-state index in [0.29, 0.717) is 0 Å². The number of aromatic hydroxyl groups is 8. The normalized spacial score (nSPS) is 10.2. The Labute approximate surface area is 203 Å². The van der Waals surface area contributed by atoms with Gasteiger partial charge in [0.05, 0.1) is 11.1 Å². The van der Waals surface area contributed by atoms with E-state index >= 15 is 0 Å². The fraction of sp³-hybridized carbons (Fsp3) is 0. The maximum atomic E-state index is 12.0. The van der Waals surface area contributed by atoms with Crippen LogP contribution in [-0.4, -0.2) is 52.4 Å². The molecule has 0 atom stereocenters. The lowest BCUT2D eigenvalue weighted by Crippen LogP contribution is -2.01. The molecule has 184 valence electrons. The average molecular weight is 492 g/mol. The Bertz CT molecular complexity index is 1430. The molecule has 0 saturated carbocycles. The highest BCUT2D eigenvalue weighted by atomic mass is 16.3. The summed E-state index contributed by atoms with van der Waals surface area (Å²) in [6.45, 7) is 0. The van der Waals surface area contributed by atoms with Gasteiger partial charge in [0.2, 0.25) is 17.2 Å². The van der Waals surface area contributed by atoms with Crippen LogP contribution in [0.15, 0.2) is 72.8 Å². The third kappa shape index (κ3) is 5.07. The molecule has 0 fully saturated rings. The van der Waals surface area contributed by atoms with E-state index in [0.717, 1.165) is 12.1 Å². The van der Waals surface area contributed by atoms with Crippen LogP contribution in [-0.2, 0) is 0 Å². The van der Waals surface area contributed by atoms with Gasteiger partial charge in [-0.2, -0.15) is 0 Å². The highest BCUT2D eigenvalue weighted by Gasteiger charge is 2.22. The minimum atomic E-state index is -0.922. The van der Waals surface area contributed by atoms with Gasteiger partial charge in [-0.3, -0.25) is 9.59 Å². The summed E-state index contributed by atoms with van der Waals surface area (Å²) in [6, 6.07) is 16.8. The molecule has 0 saturated heterocycles. The predicted molar refractivity (Wildman–Crippen MR) is 126 cm³/mol. The topological polar surface area (TPSA) is 196 Å². The van der Waals surface area contributed by atoms with Gasteiger partial charge in [0.15, 0.2) is 34.6 Å². The van der Waals surface area contributed by atoms with E-state index in [2.05, 4.69) is 0 Å². The smallest absolute Gasteiger partial charge is 0.205 e. The zero-order valence-corrected chi connectivity index (χ0v) is 18.3. The minimum Gasteiger partial charge on any atom is -0.508 e. The summed E-state index contributed by atoms with van der Waals surface area (Å²) >= 11 is 0. The molecule has 0 aliphatic rings. The summed E-state index contributed by atoms with van der Waals surface area (Å²) in [5.74, 6) is -6.22. The van der Waals surface area contributed by atoms with E-state index in [4.69, 9.17) is 10.2 Å². The summed E-state index contributed by atoms with van der Waals surface area (Å²) in [6.07, 6.45) is 0. The van der Waals surface area contributed by atoms with Gasteiger partial charge < -0.3 is 40.9 Å². The molecule has 4 aromatic rings. The Morgan fingerprint density at radius 2 is 0.944 bits per heavy atom. The number of benzene rings is 4. The molecular weight excluding hydrogens is 472 g/mol. The van der Waals surface area contributed by atoms with Gasteiger partial charge in [0.25, 0.3) is 0 Å². The number of phenols is 8. The van der Waals surface area contributed by atoms with Crippen molar-refractivity contribution in [1.82, 2.24) is 0 Å². The molecular formula is C26H20O10. The zero-order valence-electron chi connectivity index (χ0n) is 18.3. The average Bonchev–Trinajstić information content (AvgIpc) is 2.89. The van der Waals surface area contributed by atoms with Crippen LogP contribution >= 0.6 is 0 Å². The van der Waals surface area contributed by atoms with Gasteiger partial charge in [-0.05, 0) is 42.5 Å². The van der Waals surface area contributed by atoms with E-state index in [1.165, 1.54) is 42.5 Å². The van der Waals surface area contributed by atoms with E-state index in [1.54, 1.807) is 18.2 Å². The number of hydrogen-bond acceptors (Lipinski definition) is 10. The van der Waals surface area contributed by atoms with Crippen LogP contribution < -0.4 is 0 Å². The van der Waals surface area contributed by atoms with Crippen molar-refractivity contribution in [1.29, 1.82) is 0 Å². The van der Waals surface area contributed by atoms with E-state index < -0.39 is 51.8 Å². The van der Waals surface area contributed by atoms with E-state index in [-0.39, 0.29) is 28.0 Å². The molecule has 0 bridgehead atoms. The van der Waals surface area contributed by atoms with Crippen molar-refractivity contribution < 1.29 is 50.4 Å². The molecule has 4 aromatic carbocycles. The number of rotatable bonds is 4. The molecule has 8 N–H and O–H groups in total.